The molecule has 0 fully saturated rings. The normalized spacial score (nSPS) is 13.5. The molecule has 0 saturated heterocycles. The first kappa shape index (κ1) is 20.5. The summed E-state index contributed by atoms with van der Waals surface area (Å²) in [5.41, 5.74) is 2.64. The van der Waals surface area contributed by atoms with Crippen LogP contribution in [0.2, 0.25) is 0 Å². The maximum atomic E-state index is 13.3. The van der Waals surface area contributed by atoms with Gasteiger partial charge in [0.2, 0.25) is 6.79 Å². The van der Waals surface area contributed by atoms with Crippen LogP contribution in [-0.2, 0) is 22.4 Å². The van der Waals surface area contributed by atoms with Crippen LogP contribution in [0, 0.1) is 10.1 Å². The first-order valence-electron chi connectivity index (χ1n) is 10.3. The summed E-state index contributed by atoms with van der Waals surface area (Å²) < 4.78 is 15.6. The van der Waals surface area contributed by atoms with Gasteiger partial charge in [-0.3, -0.25) is 19.8 Å². The Morgan fingerprint density at radius 3 is 2.12 bits per heavy atom. The molecule has 9 nitrogen and oxygen atoms in total. The van der Waals surface area contributed by atoms with E-state index < -0.39 is 29.1 Å². The molecule has 33 heavy (non-hydrogen) atoms. The van der Waals surface area contributed by atoms with Crippen molar-refractivity contribution in [1.82, 2.24) is 0 Å². The molecular weight excluding hydrogens is 428 g/mol. The van der Waals surface area contributed by atoms with Crippen LogP contribution < -0.4 is 14.4 Å². The fraction of sp³-hybridized carbons (Fsp3) is 0.167. The lowest BCUT2D eigenvalue weighted by Crippen LogP contribution is -2.31. The topological polar surface area (TPSA) is 108 Å². The highest BCUT2D eigenvalue weighted by atomic mass is 16.7. The predicted octanol–water partition coefficient (Wildman–Crippen LogP) is 3.94. The van der Waals surface area contributed by atoms with E-state index in [2.05, 4.69) is 0 Å². The molecule has 3 aromatic carbocycles. The number of ether oxygens (including phenoxy) is 3. The molecular formula is C24H18N2O7. The number of benzene rings is 3. The average Bonchev–Trinajstić information content (AvgIpc) is 3.22. The smallest absolute Gasteiger partial charge is 0.345 e. The third-order valence-corrected chi connectivity index (χ3v) is 5.61. The number of carbonyl (C=O) groups is 2. The molecule has 2 aliphatic heterocycles. The quantitative estimate of drug-likeness (QED) is 0.339. The Morgan fingerprint density at radius 1 is 0.939 bits per heavy atom. The second kappa shape index (κ2) is 8.27. The van der Waals surface area contributed by atoms with Crippen molar-refractivity contribution in [3.8, 4) is 11.5 Å². The van der Waals surface area contributed by atoms with Crippen molar-refractivity contribution in [1.29, 1.82) is 0 Å². The maximum absolute atomic E-state index is 13.3. The lowest BCUT2D eigenvalue weighted by molar-refractivity contribution is -0.385. The Labute approximate surface area is 188 Å². The fourth-order valence-electron chi connectivity index (χ4n) is 4.06. The molecule has 3 aromatic rings. The molecule has 0 radical (unpaired) electrons. The first-order valence-corrected chi connectivity index (χ1v) is 10.3. The van der Waals surface area contributed by atoms with Crippen molar-refractivity contribution in [3.05, 3.63) is 87.5 Å². The van der Waals surface area contributed by atoms with Crippen LogP contribution in [0.15, 0.2) is 60.7 Å². The third-order valence-electron chi connectivity index (χ3n) is 5.61. The largest absolute Gasteiger partial charge is 0.454 e. The molecule has 0 aliphatic carbocycles. The van der Waals surface area contributed by atoms with Crippen molar-refractivity contribution in [3.63, 3.8) is 0 Å². The van der Waals surface area contributed by atoms with Crippen LogP contribution in [0.25, 0.3) is 0 Å². The van der Waals surface area contributed by atoms with Crippen molar-refractivity contribution in [2.45, 2.75) is 12.8 Å². The van der Waals surface area contributed by atoms with Gasteiger partial charge in [0.25, 0.3) is 11.6 Å². The first-order chi connectivity index (χ1) is 16.0. The van der Waals surface area contributed by atoms with E-state index in [1.54, 1.807) is 4.90 Å². The van der Waals surface area contributed by atoms with Crippen LogP contribution >= 0.6 is 0 Å². The van der Waals surface area contributed by atoms with Crippen molar-refractivity contribution in [2.24, 2.45) is 0 Å². The highest BCUT2D eigenvalue weighted by Crippen LogP contribution is 2.39. The second-order valence-electron chi connectivity index (χ2n) is 7.54. The summed E-state index contributed by atoms with van der Waals surface area (Å²) in [6.45, 7) is -0.690. The van der Waals surface area contributed by atoms with Crippen LogP contribution in [0.1, 0.15) is 21.5 Å². The summed E-state index contributed by atoms with van der Waals surface area (Å²) in [5.74, 6) is -1.08. The number of anilines is 2. The Balaban J connectivity index is 1.43. The number of esters is 1. The number of aryl methyl sites for hydroxylation is 2. The number of hydrogen-bond donors (Lipinski definition) is 0. The standard InChI is InChI=1S/C24H18N2O7/c27-23(13-31-24(28)17-11-21-22(33-14-32-21)12-20(17)26(29)30)25-18-7-3-1-5-15(18)9-10-16-6-2-4-8-19(16)25/h1-8,11-12H,9-10,13-14H2. The minimum atomic E-state index is -0.996. The Kier molecular flexibility index (Phi) is 5.14. The summed E-state index contributed by atoms with van der Waals surface area (Å²) >= 11 is 0. The van der Waals surface area contributed by atoms with Crippen molar-refractivity contribution in [2.75, 3.05) is 18.3 Å². The van der Waals surface area contributed by atoms with Crippen LogP contribution in [0.5, 0.6) is 11.5 Å². The zero-order chi connectivity index (χ0) is 22.9. The Morgan fingerprint density at radius 2 is 1.52 bits per heavy atom. The zero-order valence-electron chi connectivity index (χ0n) is 17.4. The monoisotopic (exact) mass is 446 g/mol. The minimum absolute atomic E-state index is 0.0999. The Hall–Kier alpha value is -4.40. The third kappa shape index (κ3) is 3.73. The van der Waals surface area contributed by atoms with Gasteiger partial charge in [-0.15, -0.1) is 0 Å². The lowest BCUT2D eigenvalue weighted by Gasteiger charge is -2.24. The predicted molar refractivity (Wildman–Crippen MR) is 117 cm³/mol. The average molecular weight is 446 g/mol. The molecule has 9 heteroatoms. The highest BCUT2D eigenvalue weighted by Gasteiger charge is 2.30. The van der Waals surface area contributed by atoms with E-state index in [0.29, 0.717) is 0 Å². The minimum Gasteiger partial charge on any atom is -0.454 e. The van der Waals surface area contributed by atoms with Gasteiger partial charge in [0, 0.05) is 6.07 Å². The van der Waals surface area contributed by atoms with E-state index in [4.69, 9.17) is 14.2 Å². The molecule has 5 rings (SSSR count). The number of nitro benzene ring substituents is 1. The summed E-state index contributed by atoms with van der Waals surface area (Å²) in [7, 11) is 0. The molecule has 0 spiro atoms. The van der Waals surface area contributed by atoms with Gasteiger partial charge in [-0.1, -0.05) is 36.4 Å². The van der Waals surface area contributed by atoms with Gasteiger partial charge in [-0.25, -0.2) is 4.79 Å². The molecule has 0 N–H and O–H groups in total. The van der Waals surface area contributed by atoms with E-state index in [9.17, 15) is 19.7 Å². The molecule has 2 aliphatic rings. The van der Waals surface area contributed by atoms with E-state index in [1.165, 1.54) is 6.07 Å². The SMILES string of the molecule is O=C(OCC(=O)N1c2ccccc2CCc2ccccc21)c1cc2c(cc1[N+](=O)[O-])OCO2. The number of nitro groups is 1. The van der Waals surface area contributed by atoms with E-state index in [-0.39, 0.29) is 23.9 Å². The van der Waals surface area contributed by atoms with Crippen LogP contribution in [-0.4, -0.2) is 30.2 Å². The summed E-state index contributed by atoms with van der Waals surface area (Å²) in [4.78, 5) is 38.3. The summed E-state index contributed by atoms with van der Waals surface area (Å²) in [5, 5.41) is 11.5. The zero-order valence-corrected chi connectivity index (χ0v) is 17.4. The number of rotatable bonds is 4. The maximum Gasteiger partial charge on any atom is 0.345 e. The number of amides is 1. The Bertz CT molecular complexity index is 1240. The van der Waals surface area contributed by atoms with E-state index in [0.717, 1.165) is 41.4 Å². The van der Waals surface area contributed by atoms with Gasteiger partial charge in [0.05, 0.1) is 22.4 Å². The number of carbonyl (C=O) groups excluding carboxylic acids is 2. The van der Waals surface area contributed by atoms with Crippen molar-refractivity contribution < 1.29 is 28.7 Å². The number of para-hydroxylation sites is 2. The molecule has 1 amide bonds. The van der Waals surface area contributed by atoms with Gasteiger partial charge in [-0.2, -0.15) is 0 Å². The fourth-order valence-corrected chi connectivity index (χ4v) is 4.06. The number of fused-ring (bicyclic) bond motifs is 3. The molecule has 0 bridgehead atoms. The van der Waals surface area contributed by atoms with Crippen LogP contribution in [0.3, 0.4) is 0 Å². The van der Waals surface area contributed by atoms with Gasteiger partial charge in [0.15, 0.2) is 18.1 Å². The lowest BCUT2D eigenvalue weighted by atomic mass is 10.0. The number of nitrogens with zero attached hydrogens (tertiary/aromatic N) is 2. The van der Waals surface area contributed by atoms with Gasteiger partial charge in [0.1, 0.15) is 5.56 Å². The summed E-state index contributed by atoms with van der Waals surface area (Å²) in [6, 6.07) is 17.4. The van der Waals surface area contributed by atoms with Gasteiger partial charge in [-0.05, 0) is 36.1 Å². The highest BCUT2D eigenvalue weighted by molar-refractivity contribution is 6.04. The molecule has 0 unspecified atom stereocenters. The van der Waals surface area contributed by atoms with E-state index in [1.807, 2.05) is 48.5 Å². The molecule has 0 saturated carbocycles. The number of hydrogen-bond acceptors (Lipinski definition) is 7. The van der Waals surface area contributed by atoms with Gasteiger partial charge < -0.3 is 14.2 Å². The summed E-state index contributed by atoms with van der Waals surface area (Å²) in [6.07, 6.45) is 1.53. The van der Waals surface area contributed by atoms with Crippen molar-refractivity contribution >= 4 is 28.9 Å². The molecule has 0 aromatic heterocycles. The van der Waals surface area contributed by atoms with Gasteiger partial charge >= 0.3 is 5.97 Å². The molecule has 0 atom stereocenters. The van der Waals surface area contributed by atoms with E-state index >= 15 is 0 Å². The second-order valence-corrected chi connectivity index (χ2v) is 7.54. The molecule has 2 heterocycles. The van der Waals surface area contributed by atoms with Crippen LogP contribution in [0.4, 0.5) is 17.1 Å². The molecule has 166 valence electrons.